The molecule has 0 saturated heterocycles. The molecule has 2 heterocycles. The second kappa shape index (κ2) is 5.84. The number of nitrogens with one attached hydrogen (secondary N) is 1. The molecule has 0 spiro atoms. The second-order valence-electron chi connectivity index (χ2n) is 6.79. The zero-order valence-electron chi connectivity index (χ0n) is 13.3. The lowest BCUT2D eigenvalue weighted by Crippen LogP contribution is -2.37. The number of amides is 1. The normalized spacial score (nSPS) is 18.1. The van der Waals surface area contributed by atoms with E-state index in [1.165, 1.54) is 18.4 Å². The number of aryl methyl sites for hydroxylation is 2. The molecule has 1 aromatic carbocycles. The lowest BCUT2D eigenvalue weighted by atomic mass is 10.1. The van der Waals surface area contributed by atoms with E-state index >= 15 is 0 Å². The standard InChI is InChI=1S/C19H22N2O2/c22-18-15-9-5-6-13-10-11-21(17(13)15)12-16(18)19(23)20-14-7-3-1-2-4-8-14/h5-6,9,12,14H,1-4,7-8,10-11H2,(H,20,23). The van der Waals surface area contributed by atoms with Crippen LogP contribution in [0.3, 0.4) is 0 Å². The molecule has 1 aromatic heterocycles. The molecule has 23 heavy (non-hydrogen) atoms. The number of nitrogens with zero attached hydrogens (tertiary/aromatic N) is 1. The Balaban J connectivity index is 1.68. The third-order valence-corrected chi connectivity index (χ3v) is 5.24. The molecule has 1 aliphatic heterocycles. The van der Waals surface area contributed by atoms with Crippen molar-refractivity contribution >= 4 is 16.8 Å². The van der Waals surface area contributed by atoms with Gasteiger partial charge in [0.25, 0.3) is 5.91 Å². The SMILES string of the molecule is O=C(NC1CCCCCC1)c1cn2c3c(cccc3c1=O)CC2. The number of aromatic nitrogens is 1. The summed E-state index contributed by atoms with van der Waals surface area (Å²) >= 11 is 0. The van der Waals surface area contributed by atoms with Crippen LogP contribution in [0.1, 0.15) is 54.4 Å². The first-order valence-corrected chi connectivity index (χ1v) is 8.70. The van der Waals surface area contributed by atoms with Gasteiger partial charge in [-0.25, -0.2) is 0 Å². The van der Waals surface area contributed by atoms with Crippen molar-refractivity contribution in [3.8, 4) is 0 Å². The van der Waals surface area contributed by atoms with Crippen LogP contribution in [0.2, 0.25) is 0 Å². The van der Waals surface area contributed by atoms with E-state index in [1.807, 2.05) is 12.1 Å². The highest BCUT2D eigenvalue weighted by atomic mass is 16.2. The first kappa shape index (κ1) is 14.5. The fraction of sp³-hybridized carbons (Fsp3) is 0.474. The molecule has 4 rings (SSSR count). The Bertz CT molecular complexity index is 814. The van der Waals surface area contributed by atoms with E-state index in [-0.39, 0.29) is 17.4 Å². The van der Waals surface area contributed by atoms with Crippen LogP contribution in [0.5, 0.6) is 0 Å². The van der Waals surface area contributed by atoms with Gasteiger partial charge < -0.3 is 9.88 Å². The number of para-hydroxylation sites is 1. The van der Waals surface area contributed by atoms with Gasteiger partial charge in [0.05, 0.1) is 5.52 Å². The second-order valence-corrected chi connectivity index (χ2v) is 6.79. The lowest BCUT2D eigenvalue weighted by molar-refractivity contribution is 0.0931. The molecule has 0 unspecified atom stereocenters. The van der Waals surface area contributed by atoms with Gasteiger partial charge in [-0.1, -0.05) is 37.8 Å². The highest BCUT2D eigenvalue weighted by molar-refractivity contribution is 5.98. The summed E-state index contributed by atoms with van der Waals surface area (Å²) in [5.74, 6) is -0.204. The van der Waals surface area contributed by atoms with Crippen molar-refractivity contribution in [3.63, 3.8) is 0 Å². The summed E-state index contributed by atoms with van der Waals surface area (Å²) in [5, 5.41) is 3.77. The molecule has 2 aromatic rings. The maximum absolute atomic E-state index is 12.7. The molecule has 1 fully saturated rings. The minimum absolute atomic E-state index is 0.133. The highest BCUT2D eigenvalue weighted by Gasteiger charge is 2.22. The smallest absolute Gasteiger partial charge is 0.256 e. The molecule has 4 heteroatoms. The fourth-order valence-electron chi connectivity index (χ4n) is 4.01. The molecule has 0 atom stereocenters. The van der Waals surface area contributed by atoms with Crippen molar-refractivity contribution in [2.45, 2.75) is 57.5 Å². The van der Waals surface area contributed by atoms with Crippen LogP contribution in [0.4, 0.5) is 0 Å². The fourth-order valence-corrected chi connectivity index (χ4v) is 4.01. The van der Waals surface area contributed by atoms with Gasteiger partial charge in [-0.3, -0.25) is 9.59 Å². The lowest BCUT2D eigenvalue weighted by Gasteiger charge is -2.16. The van der Waals surface area contributed by atoms with Gasteiger partial charge in [0.2, 0.25) is 5.43 Å². The van der Waals surface area contributed by atoms with Crippen molar-refractivity contribution in [2.24, 2.45) is 0 Å². The van der Waals surface area contributed by atoms with E-state index in [0.717, 1.165) is 44.2 Å². The number of benzene rings is 1. The highest BCUT2D eigenvalue weighted by Crippen LogP contribution is 2.24. The predicted molar refractivity (Wildman–Crippen MR) is 90.9 cm³/mol. The Morgan fingerprint density at radius 3 is 2.70 bits per heavy atom. The summed E-state index contributed by atoms with van der Waals surface area (Å²) in [6.45, 7) is 0.847. The van der Waals surface area contributed by atoms with Crippen LogP contribution in [0, 0.1) is 0 Å². The number of hydrogen-bond acceptors (Lipinski definition) is 2. The van der Waals surface area contributed by atoms with Gasteiger partial charge >= 0.3 is 0 Å². The first-order valence-electron chi connectivity index (χ1n) is 8.70. The number of hydrogen-bond donors (Lipinski definition) is 1. The molecule has 1 aliphatic carbocycles. The van der Waals surface area contributed by atoms with Gasteiger partial charge in [-0.15, -0.1) is 0 Å². The summed E-state index contributed by atoms with van der Waals surface area (Å²) in [4.78, 5) is 25.4. The van der Waals surface area contributed by atoms with Crippen LogP contribution >= 0.6 is 0 Å². The third-order valence-electron chi connectivity index (χ3n) is 5.24. The topological polar surface area (TPSA) is 51.1 Å². The van der Waals surface area contributed by atoms with Gasteiger partial charge in [0.15, 0.2) is 0 Å². The molecule has 120 valence electrons. The molecule has 2 aliphatic rings. The van der Waals surface area contributed by atoms with Gasteiger partial charge in [0.1, 0.15) is 5.56 Å². The third kappa shape index (κ3) is 2.56. The summed E-state index contributed by atoms with van der Waals surface area (Å²) in [5.41, 5.74) is 2.37. The number of carbonyl (C=O) groups excluding carboxylic acids is 1. The minimum atomic E-state index is -0.204. The van der Waals surface area contributed by atoms with Crippen LogP contribution in [-0.4, -0.2) is 16.5 Å². The molecular formula is C19H22N2O2. The maximum Gasteiger partial charge on any atom is 0.256 e. The molecule has 0 bridgehead atoms. The van der Waals surface area contributed by atoms with Crippen LogP contribution in [-0.2, 0) is 13.0 Å². The van der Waals surface area contributed by atoms with Crippen molar-refractivity contribution in [1.29, 1.82) is 0 Å². The summed E-state index contributed by atoms with van der Waals surface area (Å²) in [7, 11) is 0. The predicted octanol–water partition coefficient (Wildman–Crippen LogP) is 3.01. The number of pyridine rings is 1. The van der Waals surface area contributed by atoms with E-state index in [9.17, 15) is 9.59 Å². The van der Waals surface area contributed by atoms with E-state index in [1.54, 1.807) is 6.20 Å². The van der Waals surface area contributed by atoms with Crippen molar-refractivity contribution in [2.75, 3.05) is 0 Å². The van der Waals surface area contributed by atoms with Crippen molar-refractivity contribution in [1.82, 2.24) is 9.88 Å². The average Bonchev–Trinajstić information content (AvgIpc) is 2.80. The van der Waals surface area contributed by atoms with Crippen molar-refractivity contribution in [3.05, 3.63) is 45.7 Å². The van der Waals surface area contributed by atoms with Gasteiger partial charge in [-0.2, -0.15) is 0 Å². The van der Waals surface area contributed by atoms with Crippen LogP contribution < -0.4 is 10.7 Å². The summed E-state index contributed by atoms with van der Waals surface area (Å²) in [6.07, 6.45) is 9.56. The largest absolute Gasteiger partial charge is 0.349 e. The monoisotopic (exact) mass is 310 g/mol. The van der Waals surface area contributed by atoms with E-state index in [4.69, 9.17) is 0 Å². The summed E-state index contributed by atoms with van der Waals surface area (Å²) < 4.78 is 2.06. The Hall–Kier alpha value is -2.10. The molecular weight excluding hydrogens is 288 g/mol. The minimum Gasteiger partial charge on any atom is -0.349 e. The van der Waals surface area contributed by atoms with Gasteiger partial charge in [-0.05, 0) is 30.9 Å². The zero-order valence-corrected chi connectivity index (χ0v) is 13.3. The number of rotatable bonds is 2. The van der Waals surface area contributed by atoms with Gasteiger partial charge in [0, 0.05) is 24.2 Å². The molecule has 0 radical (unpaired) electrons. The first-order chi connectivity index (χ1) is 11.2. The molecule has 1 N–H and O–H groups in total. The zero-order chi connectivity index (χ0) is 15.8. The number of carbonyl (C=O) groups is 1. The van der Waals surface area contributed by atoms with Crippen LogP contribution in [0.25, 0.3) is 10.9 Å². The average molecular weight is 310 g/mol. The Morgan fingerprint density at radius 1 is 1.13 bits per heavy atom. The van der Waals surface area contributed by atoms with E-state index in [2.05, 4.69) is 16.0 Å². The molecule has 4 nitrogen and oxygen atoms in total. The summed E-state index contributed by atoms with van der Waals surface area (Å²) in [6, 6.07) is 6.04. The molecule has 1 amide bonds. The van der Waals surface area contributed by atoms with E-state index in [0.29, 0.717) is 10.9 Å². The van der Waals surface area contributed by atoms with Crippen molar-refractivity contribution < 1.29 is 4.79 Å². The maximum atomic E-state index is 12.7. The Kier molecular flexibility index (Phi) is 3.68. The Labute approximate surface area is 135 Å². The van der Waals surface area contributed by atoms with E-state index < -0.39 is 0 Å². The quantitative estimate of drug-likeness (QED) is 0.867. The Morgan fingerprint density at radius 2 is 1.91 bits per heavy atom. The van der Waals surface area contributed by atoms with Crippen LogP contribution in [0.15, 0.2) is 29.2 Å². The molecule has 1 saturated carbocycles.